The summed E-state index contributed by atoms with van der Waals surface area (Å²) >= 11 is 1.20. The summed E-state index contributed by atoms with van der Waals surface area (Å²) in [6.45, 7) is 4.18. The van der Waals surface area contributed by atoms with Crippen molar-refractivity contribution in [2.45, 2.75) is 41.2 Å². The zero-order chi connectivity index (χ0) is 33.7. The van der Waals surface area contributed by atoms with E-state index in [1.807, 2.05) is 24.3 Å². The summed E-state index contributed by atoms with van der Waals surface area (Å²) in [5, 5.41) is 10.00. The molecule has 4 aromatic rings. The van der Waals surface area contributed by atoms with Gasteiger partial charge in [0.1, 0.15) is 5.70 Å². The molecule has 1 aliphatic heterocycles. The maximum Gasteiger partial charge on any atom is 0.272 e. The van der Waals surface area contributed by atoms with Gasteiger partial charge in [-0.15, -0.1) is 11.8 Å². The van der Waals surface area contributed by atoms with Gasteiger partial charge in [-0.2, -0.15) is 0 Å². The first-order valence-electron chi connectivity index (χ1n) is 14.6. The van der Waals surface area contributed by atoms with Crippen molar-refractivity contribution in [3.63, 3.8) is 0 Å². The number of imide groups is 1. The van der Waals surface area contributed by atoms with Crippen molar-refractivity contribution in [3.05, 3.63) is 126 Å². The van der Waals surface area contributed by atoms with E-state index in [-0.39, 0.29) is 22.7 Å². The Labute approximate surface area is 277 Å². The molecule has 4 aromatic carbocycles. The second-order valence-electron chi connectivity index (χ2n) is 11.1. The third-order valence-corrected chi connectivity index (χ3v) is 9.49. The molecule has 0 radical (unpaired) electrons. The zero-order valence-electron chi connectivity index (χ0n) is 25.5. The predicted octanol–water partition coefficient (Wildman–Crippen LogP) is 5.29. The number of amides is 4. The molecular formula is C35H32N4O6S2. The summed E-state index contributed by atoms with van der Waals surface area (Å²) in [5.74, 6) is -1.44. The fraction of sp³-hybridized carbons (Fsp3) is 0.143. The fourth-order valence-corrected chi connectivity index (χ4v) is 6.39. The van der Waals surface area contributed by atoms with Crippen molar-refractivity contribution in [2.24, 2.45) is 5.14 Å². The zero-order valence-corrected chi connectivity index (χ0v) is 27.2. The van der Waals surface area contributed by atoms with Gasteiger partial charge in [0.2, 0.25) is 21.8 Å². The highest BCUT2D eigenvalue weighted by molar-refractivity contribution is 8.00. The summed E-state index contributed by atoms with van der Waals surface area (Å²) in [4.78, 5) is 53.8. The van der Waals surface area contributed by atoms with Crippen molar-refractivity contribution >= 4 is 62.9 Å². The number of hydrogen-bond donors (Lipinski definition) is 3. The van der Waals surface area contributed by atoms with E-state index < -0.39 is 38.9 Å². The van der Waals surface area contributed by atoms with Gasteiger partial charge < -0.3 is 10.6 Å². The molecule has 0 saturated carbocycles. The minimum Gasteiger partial charge on any atom is -0.321 e. The van der Waals surface area contributed by atoms with Gasteiger partial charge in [0.05, 0.1) is 15.8 Å². The summed E-state index contributed by atoms with van der Waals surface area (Å²) in [7, 11) is -3.91. The Morgan fingerprint density at radius 3 is 2.13 bits per heavy atom. The number of anilines is 2. The lowest BCUT2D eigenvalue weighted by Gasteiger charge is -2.15. The van der Waals surface area contributed by atoms with Crippen LogP contribution < -0.4 is 20.7 Å². The van der Waals surface area contributed by atoms with Gasteiger partial charge in [-0.1, -0.05) is 56.3 Å². The van der Waals surface area contributed by atoms with Crippen LogP contribution >= 0.6 is 11.8 Å². The first kappa shape index (κ1) is 33.3. The van der Waals surface area contributed by atoms with E-state index in [0.717, 1.165) is 16.0 Å². The number of benzene rings is 4. The number of rotatable bonds is 10. The highest BCUT2D eigenvalue weighted by atomic mass is 32.2. The van der Waals surface area contributed by atoms with Crippen molar-refractivity contribution < 1.29 is 27.6 Å². The molecule has 5 rings (SSSR count). The maximum absolute atomic E-state index is 13.4. The molecule has 4 N–H and O–H groups in total. The topological polar surface area (TPSA) is 156 Å². The molecule has 12 heteroatoms. The lowest BCUT2D eigenvalue weighted by atomic mass is 10.0. The Bertz CT molecular complexity index is 1940. The predicted molar refractivity (Wildman–Crippen MR) is 182 cm³/mol. The number of hydrogen-bond acceptors (Lipinski definition) is 7. The minimum atomic E-state index is -3.91. The van der Waals surface area contributed by atoms with E-state index in [1.165, 1.54) is 36.0 Å². The van der Waals surface area contributed by atoms with Crippen LogP contribution in [0, 0.1) is 0 Å². The molecule has 240 valence electrons. The summed E-state index contributed by atoms with van der Waals surface area (Å²) in [6, 6.07) is 28.3. The van der Waals surface area contributed by atoms with E-state index in [4.69, 9.17) is 5.14 Å². The molecule has 0 aromatic heterocycles. The van der Waals surface area contributed by atoms with Crippen LogP contribution in [0.1, 0.15) is 47.7 Å². The van der Waals surface area contributed by atoms with Crippen molar-refractivity contribution in [1.82, 2.24) is 5.32 Å². The summed E-state index contributed by atoms with van der Waals surface area (Å²) < 4.78 is 23.1. The molecular weight excluding hydrogens is 637 g/mol. The minimum absolute atomic E-state index is 0.0354. The molecule has 1 aliphatic rings. The SMILES string of the molecule is CC(C)c1ccc(/C=C(\NC(=O)c2ccccc2)C(=O)Nc2ccc(SC3CC(=O)N(c4ccc(S(N)(=O)=O)cc4)C3=O)cc2)cc1. The Morgan fingerprint density at radius 2 is 1.53 bits per heavy atom. The largest absolute Gasteiger partial charge is 0.321 e. The maximum atomic E-state index is 13.4. The molecule has 0 bridgehead atoms. The first-order valence-corrected chi connectivity index (χ1v) is 17.1. The van der Waals surface area contributed by atoms with Crippen LogP contribution in [-0.4, -0.2) is 37.3 Å². The van der Waals surface area contributed by atoms with Crippen LogP contribution in [0.4, 0.5) is 11.4 Å². The number of carbonyl (C=O) groups excluding carboxylic acids is 4. The van der Waals surface area contributed by atoms with Crippen molar-refractivity contribution in [3.8, 4) is 0 Å². The molecule has 1 fully saturated rings. The Balaban J connectivity index is 1.28. The third kappa shape index (κ3) is 8.22. The second-order valence-corrected chi connectivity index (χ2v) is 13.9. The number of nitrogens with two attached hydrogens (primary N) is 1. The summed E-state index contributed by atoms with van der Waals surface area (Å²) in [5.41, 5.74) is 3.07. The molecule has 4 amide bonds. The number of nitrogens with one attached hydrogen (secondary N) is 2. The fourth-order valence-electron chi connectivity index (χ4n) is 4.82. The van der Waals surface area contributed by atoms with Gasteiger partial charge in [-0.3, -0.25) is 19.2 Å². The van der Waals surface area contributed by atoms with Crippen LogP contribution in [0.5, 0.6) is 0 Å². The van der Waals surface area contributed by atoms with E-state index in [9.17, 15) is 27.6 Å². The van der Waals surface area contributed by atoms with Gasteiger partial charge >= 0.3 is 0 Å². The van der Waals surface area contributed by atoms with Gasteiger partial charge in [0, 0.05) is 22.6 Å². The van der Waals surface area contributed by atoms with Gasteiger partial charge in [-0.25, -0.2) is 18.5 Å². The number of primary sulfonamides is 1. The van der Waals surface area contributed by atoms with E-state index in [1.54, 1.807) is 60.7 Å². The lowest BCUT2D eigenvalue weighted by molar-refractivity contribution is -0.121. The molecule has 47 heavy (non-hydrogen) atoms. The normalized spacial score (nSPS) is 15.2. The molecule has 0 spiro atoms. The van der Waals surface area contributed by atoms with Crippen LogP contribution in [0.2, 0.25) is 0 Å². The molecule has 1 saturated heterocycles. The van der Waals surface area contributed by atoms with Gasteiger partial charge in [0.15, 0.2) is 0 Å². The Morgan fingerprint density at radius 1 is 0.894 bits per heavy atom. The Hall–Kier alpha value is -5.04. The van der Waals surface area contributed by atoms with Crippen LogP contribution in [0.15, 0.2) is 119 Å². The second kappa shape index (κ2) is 14.2. The first-order chi connectivity index (χ1) is 22.4. The van der Waals surface area contributed by atoms with Crippen LogP contribution in [-0.2, 0) is 24.4 Å². The van der Waals surface area contributed by atoms with E-state index in [0.29, 0.717) is 22.1 Å². The average Bonchev–Trinajstić information content (AvgIpc) is 3.33. The number of sulfonamides is 1. The monoisotopic (exact) mass is 668 g/mol. The standard InChI is InChI=1S/C35H32N4O6S2/c1-22(2)24-10-8-23(9-11-24)20-30(38-33(41)25-6-4-3-5-7-25)34(42)37-26-12-16-28(17-13-26)46-31-21-32(40)39(35(31)43)27-14-18-29(19-15-27)47(36,44)45/h3-20,22,31H,21H2,1-2H3,(H,37,42)(H,38,41)(H2,36,44,45)/b30-20-. The lowest BCUT2D eigenvalue weighted by Crippen LogP contribution is -2.31. The number of thioether (sulfide) groups is 1. The Kier molecular flexibility index (Phi) is 10.0. The van der Waals surface area contributed by atoms with Gasteiger partial charge in [0.25, 0.3) is 11.8 Å². The third-order valence-electron chi connectivity index (χ3n) is 7.36. The van der Waals surface area contributed by atoms with Crippen molar-refractivity contribution in [1.29, 1.82) is 0 Å². The molecule has 1 heterocycles. The molecule has 0 aliphatic carbocycles. The van der Waals surface area contributed by atoms with Gasteiger partial charge in [-0.05, 0) is 83.8 Å². The molecule has 1 unspecified atom stereocenters. The highest BCUT2D eigenvalue weighted by Gasteiger charge is 2.40. The molecule has 1 atom stereocenters. The average molecular weight is 669 g/mol. The number of nitrogens with zero attached hydrogens (tertiary/aromatic N) is 1. The summed E-state index contributed by atoms with van der Waals surface area (Å²) in [6.07, 6.45) is 1.58. The highest BCUT2D eigenvalue weighted by Crippen LogP contribution is 2.34. The van der Waals surface area contributed by atoms with Crippen molar-refractivity contribution in [2.75, 3.05) is 10.2 Å². The van der Waals surface area contributed by atoms with E-state index >= 15 is 0 Å². The quantitative estimate of drug-likeness (QED) is 0.153. The molecule has 10 nitrogen and oxygen atoms in total. The number of carbonyl (C=O) groups is 4. The van der Waals surface area contributed by atoms with Crippen LogP contribution in [0.3, 0.4) is 0 Å². The van der Waals surface area contributed by atoms with Crippen LogP contribution in [0.25, 0.3) is 6.08 Å². The smallest absolute Gasteiger partial charge is 0.272 e. The van der Waals surface area contributed by atoms with E-state index in [2.05, 4.69) is 24.5 Å².